The third kappa shape index (κ3) is 13.3. The first-order valence-electron chi connectivity index (χ1n) is 3.40. The van der Waals surface area contributed by atoms with E-state index in [0.29, 0.717) is 11.9 Å². The van der Waals surface area contributed by atoms with Gasteiger partial charge in [-0.3, -0.25) is 4.79 Å². The molecule has 0 aromatic heterocycles. The van der Waals surface area contributed by atoms with Crippen molar-refractivity contribution in [3.63, 3.8) is 0 Å². The smallest absolute Gasteiger partial charge is 0.142 e. The van der Waals surface area contributed by atoms with Crippen LogP contribution in [0, 0.1) is 0 Å². The Labute approximate surface area is 77.8 Å². The van der Waals surface area contributed by atoms with Crippen molar-refractivity contribution >= 4 is 12.5 Å². The molecule has 0 aliphatic carbocycles. The van der Waals surface area contributed by atoms with E-state index in [1.807, 2.05) is 0 Å². The van der Waals surface area contributed by atoms with E-state index in [0.717, 1.165) is 7.11 Å². The molecule has 0 fully saturated rings. The highest BCUT2D eigenvalue weighted by Crippen LogP contribution is 1.88. The number of aliphatic hydroxyl groups excluding tert-OH is 1. The van der Waals surface area contributed by atoms with Crippen molar-refractivity contribution < 1.29 is 9.90 Å². The van der Waals surface area contributed by atoms with Gasteiger partial charge in [-0.2, -0.15) is 0 Å². The molecule has 0 atom stereocenters. The van der Waals surface area contributed by atoms with Crippen LogP contribution in [0.5, 0.6) is 0 Å². The van der Waals surface area contributed by atoms with Gasteiger partial charge in [0.25, 0.3) is 0 Å². The van der Waals surface area contributed by atoms with Crippen LogP contribution >= 0.6 is 0 Å². The van der Waals surface area contributed by atoms with Crippen LogP contribution in [0.25, 0.3) is 0 Å². The highest BCUT2D eigenvalue weighted by atomic mass is 16.2. The predicted molar refractivity (Wildman–Crippen MR) is 54.3 cm³/mol. The van der Waals surface area contributed by atoms with E-state index < -0.39 is 0 Å². The molecular weight excluding hydrogens is 168 g/mol. The minimum atomic E-state index is 0.214. The molecule has 4 heteroatoms. The fourth-order valence-electron chi connectivity index (χ4n) is 0.372. The molecule has 0 saturated heterocycles. The quantitative estimate of drug-likeness (QED) is 0.286. The average molecular weight is 182 g/mol. The average Bonchev–Trinajstić information content (AvgIpc) is 2.14. The number of allylic oxidation sites excluding steroid dienone is 3. The van der Waals surface area contributed by atoms with Gasteiger partial charge in [0.15, 0.2) is 0 Å². The zero-order valence-corrected chi connectivity index (χ0v) is 7.60. The minimum Gasteiger partial charge on any atom is -0.400 e. The number of carbonyl (C=O) groups is 1. The van der Waals surface area contributed by atoms with Gasteiger partial charge < -0.3 is 10.8 Å². The summed E-state index contributed by atoms with van der Waals surface area (Å²) in [5, 5.41) is 7.00. The van der Waals surface area contributed by atoms with Gasteiger partial charge in [-0.15, -0.1) is 0 Å². The minimum absolute atomic E-state index is 0.214. The lowest BCUT2D eigenvalue weighted by molar-refractivity contribution is -0.104. The number of nitrogens with two attached hydrogens (primary N) is 1. The Bertz CT molecular complexity index is 230. The highest BCUT2D eigenvalue weighted by Gasteiger charge is 1.79. The second kappa shape index (κ2) is 10.3. The van der Waals surface area contributed by atoms with E-state index in [2.05, 4.69) is 18.2 Å². The van der Waals surface area contributed by atoms with Crippen LogP contribution < -0.4 is 5.73 Å². The molecule has 3 N–H and O–H groups in total. The van der Waals surface area contributed by atoms with Crippen LogP contribution in [-0.4, -0.2) is 24.7 Å². The second-order valence-electron chi connectivity index (χ2n) is 1.82. The van der Waals surface area contributed by atoms with E-state index in [1.54, 1.807) is 0 Å². The van der Waals surface area contributed by atoms with Crippen LogP contribution in [0.4, 0.5) is 0 Å². The number of aliphatic imine (C=N–C) groups is 1. The van der Waals surface area contributed by atoms with Crippen molar-refractivity contribution in [1.29, 1.82) is 0 Å². The number of carbonyl (C=O) groups excluding carboxylic acids is 1. The molecule has 0 spiro atoms. The van der Waals surface area contributed by atoms with Crippen molar-refractivity contribution in [2.24, 2.45) is 10.7 Å². The Morgan fingerprint density at radius 1 is 1.46 bits per heavy atom. The SMILES string of the molecule is C=C(/C=N\C(=C)N)/C=C/C=O.CO. The summed E-state index contributed by atoms with van der Waals surface area (Å²) in [6.45, 7) is 6.92. The van der Waals surface area contributed by atoms with E-state index in [4.69, 9.17) is 10.8 Å². The normalized spacial score (nSPS) is 9.38. The molecule has 0 aliphatic heterocycles. The van der Waals surface area contributed by atoms with Crippen molar-refractivity contribution in [1.82, 2.24) is 0 Å². The Kier molecular flexibility index (Phi) is 11.0. The number of aliphatic hydroxyl groups is 1. The monoisotopic (exact) mass is 182 g/mol. The Morgan fingerprint density at radius 3 is 2.38 bits per heavy atom. The molecule has 0 aromatic carbocycles. The summed E-state index contributed by atoms with van der Waals surface area (Å²) in [6.07, 6.45) is 4.95. The molecule has 13 heavy (non-hydrogen) atoms. The molecule has 0 bridgehead atoms. The lowest BCUT2D eigenvalue weighted by atomic mass is 10.3. The molecule has 0 heterocycles. The van der Waals surface area contributed by atoms with Gasteiger partial charge in [0, 0.05) is 13.3 Å². The molecule has 0 amide bonds. The van der Waals surface area contributed by atoms with E-state index in [1.165, 1.54) is 18.4 Å². The van der Waals surface area contributed by atoms with Gasteiger partial charge in [0.1, 0.15) is 12.1 Å². The Morgan fingerprint density at radius 2 is 2.00 bits per heavy atom. The van der Waals surface area contributed by atoms with Crippen molar-refractivity contribution in [2.45, 2.75) is 0 Å². The van der Waals surface area contributed by atoms with E-state index in [-0.39, 0.29) is 5.82 Å². The first-order chi connectivity index (χ1) is 6.16. The first-order valence-corrected chi connectivity index (χ1v) is 3.40. The van der Waals surface area contributed by atoms with E-state index >= 15 is 0 Å². The highest BCUT2D eigenvalue weighted by molar-refractivity contribution is 5.83. The van der Waals surface area contributed by atoms with Gasteiger partial charge in [-0.25, -0.2) is 4.99 Å². The summed E-state index contributed by atoms with van der Waals surface area (Å²) >= 11 is 0. The van der Waals surface area contributed by atoms with Crippen molar-refractivity contribution in [3.8, 4) is 0 Å². The standard InChI is InChI=1S/C8H10N2O.CH4O/c1-7(4-3-5-11)6-10-8(2)9;1-2/h3-6H,1-2,9H2;2H,1H3/b4-3+,10-6-;. The van der Waals surface area contributed by atoms with Gasteiger partial charge in [-0.05, 0) is 11.6 Å². The van der Waals surface area contributed by atoms with Crippen LogP contribution in [0.15, 0.2) is 41.7 Å². The topological polar surface area (TPSA) is 75.7 Å². The fraction of sp³-hybridized carbons (Fsp3) is 0.111. The maximum atomic E-state index is 9.83. The van der Waals surface area contributed by atoms with Crippen molar-refractivity contribution in [2.75, 3.05) is 7.11 Å². The lowest BCUT2D eigenvalue weighted by Gasteiger charge is -1.87. The maximum absolute atomic E-state index is 9.83. The zero-order chi connectivity index (χ0) is 10.7. The lowest BCUT2D eigenvalue weighted by Crippen LogP contribution is -1.90. The molecule has 0 rings (SSSR count). The fourth-order valence-corrected chi connectivity index (χ4v) is 0.372. The molecule has 0 radical (unpaired) electrons. The second-order valence-corrected chi connectivity index (χ2v) is 1.82. The van der Waals surface area contributed by atoms with Crippen LogP contribution in [-0.2, 0) is 4.79 Å². The van der Waals surface area contributed by atoms with Gasteiger partial charge >= 0.3 is 0 Å². The molecule has 0 unspecified atom stereocenters. The first kappa shape index (κ1) is 13.9. The Hall–Kier alpha value is -1.68. The largest absolute Gasteiger partial charge is 0.400 e. The van der Waals surface area contributed by atoms with E-state index in [9.17, 15) is 4.79 Å². The molecule has 0 saturated carbocycles. The summed E-state index contributed by atoms with van der Waals surface area (Å²) in [5.74, 6) is 0.214. The van der Waals surface area contributed by atoms with Crippen molar-refractivity contribution in [3.05, 3.63) is 36.7 Å². The number of rotatable bonds is 4. The summed E-state index contributed by atoms with van der Waals surface area (Å²) in [5.41, 5.74) is 5.74. The zero-order valence-electron chi connectivity index (χ0n) is 7.60. The third-order valence-electron chi connectivity index (χ3n) is 0.785. The van der Waals surface area contributed by atoms with Crippen LogP contribution in [0.3, 0.4) is 0 Å². The molecule has 0 aliphatic rings. The maximum Gasteiger partial charge on any atom is 0.142 e. The molecule has 0 aromatic rings. The van der Waals surface area contributed by atoms with Gasteiger partial charge in [0.2, 0.25) is 0 Å². The summed E-state index contributed by atoms with van der Waals surface area (Å²) in [7, 11) is 1.00. The van der Waals surface area contributed by atoms with Gasteiger partial charge in [-0.1, -0.05) is 19.2 Å². The number of nitrogens with zero attached hydrogens (tertiary/aromatic N) is 1. The molecular formula is C9H14N2O2. The summed E-state index contributed by atoms with van der Waals surface area (Å²) in [4.78, 5) is 13.5. The number of aldehydes is 1. The number of hydrogen-bond acceptors (Lipinski definition) is 4. The summed E-state index contributed by atoms with van der Waals surface area (Å²) in [6, 6.07) is 0. The van der Waals surface area contributed by atoms with Crippen LogP contribution in [0.2, 0.25) is 0 Å². The van der Waals surface area contributed by atoms with Gasteiger partial charge in [0.05, 0.1) is 0 Å². The third-order valence-corrected chi connectivity index (χ3v) is 0.785. The predicted octanol–water partition coefficient (Wildman–Crippen LogP) is 0.407. The molecule has 72 valence electrons. The summed E-state index contributed by atoms with van der Waals surface area (Å²) < 4.78 is 0. The number of hydrogen-bond donors (Lipinski definition) is 2. The van der Waals surface area contributed by atoms with Crippen LogP contribution in [0.1, 0.15) is 0 Å². The Balaban J connectivity index is 0. The molecule has 4 nitrogen and oxygen atoms in total.